The van der Waals surface area contributed by atoms with Gasteiger partial charge in [-0.2, -0.15) is 0 Å². The van der Waals surface area contributed by atoms with Gasteiger partial charge in [0.15, 0.2) is 11.5 Å². The highest BCUT2D eigenvalue weighted by atomic mass is 35.5. The van der Waals surface area contributed by atoms with Crippen LogP contribution >= 0.6 is 22.9 Å². The second-order valence-electron chi connectivity index (χ2n) is 5.09. The number of hydrogen-bond donors (Lipinski definition) is 1. The Morgan fingerprint density at radius 3 is 2.81 bits per heavy atom. The Morgan fingerprint density at radius 1 is 1.33 bits per heavy atom. The van der Waals surface area contributed by atoms with Crippen LogP contribution in [0, 0.1) is 6.92 Å². The minimum Gasteiger partial charge on any atom is -0.489 e. The van der Waals surface area contributed by atoms with Crippen LogP contribution < -0.4 is 15.2 Å². The number of fused-ring (bicyclic) bond motifs is 1. The molecule has 0 saturated heterocycles. The van der Waals surface area contributed by atoms with Crippen LogP contribution in [0.5, 0.6) is 11.5 Å². The van der Waals surface area contributed by atoms with Crippen molar-refractivity contribution >= 4 is 22.9 Å². The third-order valence-corrected chi connectivity index (χ3v) is 4.98. The molecule has 0 amide bonds. The Hall–Kier alpha value is -1.30. The summed E-state index contributed by atoms with van der Waals surface area (Å²) in [6.45, 7) is 5.20. The molecule has 0 saturated carbocycles. The van der Waals surface area contributed by atoms with Crippen LogP contribution in [0.25, 0.3) is 10.6 Å². The van der Waals surface area contributed by atoms with Gasteiger partial charge in [-0.05, 0) is 26.0 Å². The molecular weight excluding hydrogens is 308 g/mol. The van der Waals surface area contributed by atoms with E-state index in [1.54, 1.807) is 11.3 Å². The molecule has 0 spiro atoms. The summed E-state index contributed by atoms with van der Waals surface area (Å²) in [6, 6.07) is 3.79. The summed E-state index contributed by atoms with van der Waals surface area (Å²) in [5.41, 5.74) is 7.87. The molecule has 21 heavy (non-hydrogen) atoms. The van der Waals surface area contributed by atoms with Crippen LogP contribution in [0.15, 0.2) is 12.1 Å². The lowest BCUT2D eigenvalue weighted by atomic mass is 10.2. The first kappa shape index (κ1) is 14.6. The van der Waals surface area contributed by atoms with Crippen LogP contribution in [0.4, 0.5) is 0 Å². The molecule has 1 aromatic heterocycles. The maximum atomic E-state index is 6.33. The first-order valence-corrected chi connectivity index (χ1v) is 8.08. The van der Waals surface area contributed by atoms with Gasteiger partial charge in [-0.3, -0.25) is 0 Å². The van der Waals surface area contributed by atoms with Crippen molar-refractivity contribution in [1.82, 2.24) is 4.98 Å². The van der Waals surface area contributed by atoms with Crippen LogP contribution in [-0.4, -0.2) is 18.2 Å². The average molecular weight is 325 g/mol. The molecule has 0 aliphatic carbocycles. The highest BCUT2D eigenvalue weighted by molar-refractivity contribution is 7.15. The average Bonchev–Trinajstić information content (AvgIpc) is 2.68. The van der Waals surface area contributed by atoms with E-state index >= 15 is 0 Å². The molecule has 0 fully saturated rings. The van der Waals surface area contributed by atoms with E-state index in [1.165, 1.54) is 0 Å². The monoisotopic (exact) mass is 324 g/mol. The van der Waals surface area contributed by atoms with Gasteiger partial charge in [0, 0.05) is 22.9 Å². The third-order valence-electron chi connectivity index (χ3n) is 3.30. The second kappa shape index (κ2) is 5.83. The van der Waals surface area contributed by atoms with Crippen molar-refractivity contribution in [3.63, 3.8) is 0 Å². The smallest absolute Gasteiger partial charge is 0.179 e. The van der Waals surface area contributed by atoms with Gasteiger partial charge in [0.1, 0.15) is 5.01 Å². The molecule has 2 N–H and O–H groups in total. The van der Waals surface area contributed by atoms with E-state index in [0.717, 1.165) is 27.6 Å². The molecule has 6 heteroatoms. The molecule has 112 valence electrons. The lowest BCUT2D eigenvalue weighted by Crippen LogP contribution is -2.03. The highest BCUT2D eigenvalue weighted by Gasteiger charge is 2.19. The van der Waals surface area contributed by atoms with Gasteiger partial charge in [0.05, 0.1) is 23.9 Å². The molecule has 4 nitrogen and oxygen atoms in total. The molecule has 1 aliphatic heterocycles. The summed E-state index contributed by atoms with van der Waals surface area (Å²) in [7, 11) is 0. The van der Waals surface area contributed by atoms with Gasteiger partial charge >= 0.3 is 0 Å². The van der Waals surface area contributed by atoms with Crippen molar-refractivity contribution in [3.8, 4) is 22.1 Å². The van der Waals surface area contributed by atoms with Crippen molar-refractivity contribution in [2.75, 3.05) is 13.2 Å². The Kier molecular flexibility index (Phi) is 4.06. The van der Waals surface area contributed by atoms with Crippen molar-refractivity contribution in [3.05, 3.63) is 27.7 Å². The molecule has 0 radical (unpaired) electrons. The summed E-state index contributed by atoms with van der Waals surface area (Å²) in [5.74, 6) is 1.31. The van der Waals surface area contributed by atoms with E-state index in [-0.39, 0.29) is 6.04 Å². The Labute approximate surface area is 132 Å². The minimum absolute atomic E-state index is 0.0212. The number of nitrogens with zero attached hydrogens (tertiary/aromatic N) is 1. The van der Waals surface area contributed by atoms with Gasteiger partial charge in [0.2, 0.25) is 0 Å². The Balaban J connectivity index is 2.05. The number of halogens is 1. The zero-order valence-corrected chi connectivity index (χ0v) is 13.6. The predicted molar refractivity (Wildman–Crippen MR) is 85.5 cm³/mol. The van der Waals surface area contributed by atoms with Crippen LogP contribution in [0.2, 0.25) is 5.02 Å². The highest BCUT2D eigenvalue weighted by Crippen LogP contribution is 2.42. The number of aromatic nitrogens is 1. The predicted octanol–water partition coefficient (Wildman–Crippen LogP) is 3.95. The first-order chi connectivity index (χ1) is 10.1. The third kappa shape index (κ3) is 2.86. The van der Waals surface area contributed by atoms with Crippen molar-refractivity contribution in [2.45, 2.75) is 26.3 Å². The number of nitrogens with two attached hydrogens (primary N) is 1. The SMILES string of the molecule is Cc1nc(-c2cc(Cl)c3c(c2)OCCCO3)sc1C(C)N. The molecular formula is C15H17ClN2O2S. The van der Waals surface area contributed by atoms with Crippen molar-refractivity contribution in [1.29, 1.82) is 0 Å². The van der Waals surface area contributed by atoms with Crippen LogP contribution in [0.3, 0.4) is 0 Å². The molecule has 0 bridgehead atoms. The van der Waals surface area contributed by atoms with Gasteiger partial charge in [-0.15, -0.1) is 11.3 Å². The number of thiazole rings is 1. The minimum atomic E-state index is -0.0212. The molecule has 3 rings (SSSR count). The molecule has 1 atom stereocenters. The fraction of sp³-hybridized carbons (Fsp3) is 0.400. The normalized spacial score (nSPS) is 15.6. The van der Waals surface area contributed by atoms with E-state index in [2.05, 4.69) is 4.98 Å². The second-order valence-corrected chi connectivity index (χ2v) is 6.53. The summed E-state index contributed by atoms with van der Waals surface area (Å²) in [5, 5.41) is 1.46. The lowest BCUT2D eigenvalue weighted by molar-refractivity contribution is 0.297. The zero-order chi connectivity index (χ0) is 15.0. The summed E-state index contributed by atoms with van der Waals surface area (Å²) >= 11 is 7.92. The lowest BCUT2D eigenvalue weighted by Gasteiger charge is -2.10. The van der Waals surface area contributed by atoms with Crippen LogP contribution in [-0.2, 0) is 0 Å². The van der Waals surface area contributed by atoms with E-state index in [9.17, 15) is 0 Å². The quantitative estimate of drug-likeness (QED) is 0.908. The van der Waals surface area contributed by atoms with E-state index < -0.39 is 0 Å². The standard InChI is InChI=1S/C15H17ClN2O2S/c1-8(17)14-9(2)18-15(21-14)10-6-11(16)13-12(7-10)19-4-3-5-20-13/h6-8H,3-5,17H2,1-2H3. The van der Waals surface area contributed by atoms with Crippen LogP contribution in [0.1, 0.15) is 30.0 Å². The maximum Gasteiger partial charge on any atom is 0.179 e. The fourth-order valence-corrected chi connectivity index (χ4v) is 3.58. The molecule has 2 heterocycles. The zero-order valence-electron chi connectivity index (χ0n) is 12.0. The van der Waals surface area contributed by atoms with Gasteiger partial charge in [-0.25, -0.2) is 4.98 Å². The Morgan fingerprint density at radius 2 is 2.10 bits per heavy atom. The van der Waals surface area contributed by atoms with Crippen molar-refractivity contribution < 1.29 is 9.47 Å². The molecule has 1 aromatic carbocycles. The molecule has 1 aliphatic rings. The van der Waals surface area contributed by atoms with Gasteiger partial charge < -0.3 is 15.2 Å². The number of ether oxygens (including phenoxy) is 2. The topological polar surface area (TPSA) is 57.4 Å². The number of rotatable bonds is 2. The maximum absolute atomic E-state index is 6.33. The number of benzene rings is 1. The number of aryl methyl sites for hydroxylation is 1. The summed E-state index contributed by atoms with van der Waals surface area (Å²) in [6.07, 6.45) is 0.853. The fourth-order valence-electron chi connectivity index (χ4n) is 2.31. The Bertz CT molecular complexity index is 670. The number of hydrogen-bond acceptors (Lipinski definition) is 5. The van der Waals surface area contributed by atoms with E-state index in [0.29, 0.717) is 29.7 Å². The van der Waals surface area contributed by atoms with Gasteiger partial charge in [0.25, 0.3) is 0 Å². The first-order valence-electron chi connectivity index (χ1n) is 6.88. The van der Waals surface area contributed by atoms with E-state index in [4.69, 9.17) is 26.8 Å². The summed E-state index contributed by atoms with van der Waals surface area (Å²) in [4.78, 5) is 5.69. The van der Waals surface area contributed by atoms with E-state index in [1.807, 2.05) is 26.0 Å². The van der Waals surface area contributed by atoms with Crippen molar-refractivity contribution in [2.24, 2.45) is 5.73 Å². The summed E-state index contributed by atoms with van der Waals surface area (Å²) < 4.78 is 11.4. The van der Waals surface area contributed by atoms with Gasteiger partial charge in [-0.1, -0.05) is 11.6 Å². The molecule has 2 aromatic rings. The molecule has 1 unspecified atom stereocenters. The largest absolute Gasteiger partial charge is 0.489 e.